The lowest BCUT2D eigenvalue weighted by atomic mass is 10.2. The number of nitrogens with one attached hydrogen (secondary N) is 1. The Morgan fingerprint density at radius 2 is 2.00 bits per heavy atom. The third kappa shape index (κ3) is 5.71. The number of amides is 1. The summed E-state index contributed by atoms with van der Waals surface area (Å²) in [5.41, 5.74) is 0.381. The van der Waals surface area contributed by atoms with Crippen molar-refractivity contribution < 1.29 is 14.3 Å². The zero-order valence-electron chi connectivity index (χ0n) is 13.1. The quantitative estimate of drug-likeness (QED) is 0.576. The fourth-order valence-corrected chi connectivity index (χ4v) is 2.29. The topological polar surface area (TPSA) is 71.3 Å². The van der Waals surface area contributed by atoms with E-state index in [1.165, 1.54) is 12.1 Å². The monoisotopic (exact) mass is 376 g/mol. The molecule has 0 aromatic heterocycles. The van der Waals surface area contributed by atoms with Crippen molar-refractivity contribution in [2.75, 3.05) is 13.2 Å². The molecule has 0 spiro atoms. The van der Waals surface area contributed by atoms with E-state index in [1.54, 1.807) is 30.3 Å². The molecule has 1 amide bonds. The van der Waals surface area contributed by atoms with Gasteiger partial charge in [0.25, 0.3) is 0 Å². The molecule has 0 atom stereocenters. The van der Waals surface area contributed by atoms with Gasteiger partial charge in [-0.2, -0.15) is 5.26 Å². The number of halogens is 2. The first-order valence-corrected chi connectivity index (χ1v) is 7.98. The van der Waals surface area contributed by atoms with Crippen LogP contribution < -0.4 is 14.8 Å². The molecular formula is C18H14Cl2N2O3. The highest BCUT2D eigenvalue weighted by atomic mass is 35.5. The molecule has 0 heterocycles. The van der Waals surface area contributed by atoms with Crippen LogP contribution in [0.25, 0.3) is 0 Å². The molecule has 2 aromatic rings. The maximum atomic E-state index is 11.1. The zero-order valence-corrected chi connectivity index (χ0v) is 14.6. The van der Waals surface area contributed by atoms with Crippen molar-refractivity contribution in [2.24, 2.45) is 0 Å². The minimum Gasteiger partial charge on any atom is -0.488 e. The van der Waals surface area contributed by atoms with Crippen LogP contribution in [0.3, 0.4) is 0 Å². The van der Waals surface area contributed by atoms with Gasteiger partial charge in [0.15, 0.2) is 11.5 Å². The molecule has 1 N–H and O–H groups in total. The second-order valence-electron chi connectivity index (χ2n) is 4.82. The average molecular weight is 377 g/mol. The van der Waals surface area contributed by atoms with Crippen molar-refractivity contribution in [3.8, 4) is 23.3 Å². The SMILES string of the molecule is C=CC(=O)NCCOc1cc(Cl)ccc1Oc1cc(Cl)cc(C#N)c1. The smallest absolute Gasteiger partial charge is 0.243 e. The Morgan fingerprint density at radius 3 is 2.72 bits per heavy atom. The highest BCUT2D eigenvalue weighted by Crippen LogP contribution is 2.35. The van der Waals surface area contributed by atoms with E-state index in [0.717, 1.165) is 0 Å². The van der Waals surface area contributed by atoms with Crippen molar-refractivity contribution in [1.29, 1.82) is 5.26 Å². The van der Waals surface area contributed by atoms with Gasteiger partial charge < -0.3 is 14.8 Å². The first-order valence-electron chi connectivity index (χ1n) is 7.23. The Kier molecular flexibility index (Phi) is 6.70. The number of carbonyl (C=O) groups is 1. The number of ether oxygens (including phenoxy) is 2. The minimum atomic E-state index is -0.283. The van der Waals surface area contributed by atoms with Crippen LogP contribution in [0.15, 0.2) is 49.1 Å². The van der Waals surface area contributed by atoms with Gasteiger partial charge in [-0.05, 0) is 36.4 Å². The number of hydrogen-bond acceptors (Lipinski definition) is 4. The average Bonchev–Trinajstić information content (AvgIpc) is 2.60. The molecular weight excluding hydrogens is 363 g/mol. The standard InChI is InChI=1S/C18H14Cl2N2O3/c1-2-18(23)22-5-6-24-17-10-13(19)3-4-16(17)25-15-8-12(11-21)7-14(20)9-15/h2-4,7-10H,1,5-6H2,(H,22,23). The summed E-state index contributed by atoms with van der Waals surface area (Å²) in [6, 6.07) is 11.6. The molecule has 2 aromatic carbocycles. The van der Waals surface area contributed by atoms with Crippen molar-refractivity contribution >= 4 is 29.1 Å². The molecule has 0 saturated carbocycles. The van der Waals surface area contributed by atoms with Crippen LogP contribution in [0.1, 0.15) is 5.56 Å². The minimum absolute atomic E-state index is 0.218. The molecule has 0 fully saturated rings. The molecule has 128 valence electrons. The lowest BCUT2D eigenvalue weighted by Gasteiger charge is -2.13. The third-order valence-corrected chi connectivity index (χ3v) is 3.43. The molecule has 2 rings (SSSR count). The molecule has 0 aliphatic rings. The van der Waals surface area contributed by atoms with Gasteiger partial charge in [-0.15, -0.1) is 0 Å². The molecule has 5 nitrogen and oxygen atoms in total. The molecule has 0 bridgehead atoms. The summed E-state index contributed by atoms with van der Waals surface area (Å²) in [5, 5.41) is 12.5. The van der Waals surface area contributed by atoms with Gasteiger partial charge in [0.2, 0.25) is 5.91 Å². The van der Waals surface area contributed by atoms with Crippen molar-refractivity contribution in [3.63, 3.8) is 0 Å². The molecule has 7 heteroatoms. The third-order valence-electron chi connectivity index (χ3n) is 2.98. The van der Waals surface area contributed by atoms with E-state index in [0.29, 0.717) is 39.4 Å². The lowest BCUT2D eigenvalue weighted by molar-refractivity contribution is -0.116. The van der Waals surface area contributed by atoms with Gasteiger partial charge in [-0.25, -0.2) is 0 Å². The lowest BCUT2D eigenvalue weighted by Crippen LogP contribution is -2.26. The number of carbonyl (C=O) groups excluding carboxylic acids is 1. The first kappa shape index (κ1) is 18.7. The summed E-state index contributed by atoms with van der Waals surface area (Å²) in [7, 11) is 0. The Hall–Kier alpha value is -2.68. The molecule has 0 saturated heterocycles. The molecule has 0 radical (unpaired) electrons. The van der Waals surface area contributed by atoms with E-state index >= 15 is 0 Å². The molecule has 25 heavy (non-hydrogen) atoms. The van der Waals surface area contributed by atoms with E-state index < -0.39 is 0 Å². The van der Waals surface area contributed by atoms with Gasteiger partial charge >= 0.3 is 0 Å². The second-order valence-corrected chi connectivity index (χ2v) is 5.70. The largest absolute Gasteiger partial charge is 0.488 e. The Labute approximate surface area is 155 Å². The Morgan fingerprint density at radius 1 is 1.20 bits per heavy atom. The zero-order chi connectivity index (χ0) is 18.2. The van der Waals surface area contributed by atoms with Gasteiger partial charge in [-0.3, -0.25) is 4.79 Å². The molecule has 0 unspecified atom stereocenters. The summed E-state index contributed by atoms with van der Waals surface area (Å²) in [6.45, 7) is 3.88. The Balaban J connectivity index is 2.13. The maximum absolute atomic E-state index is 11.1. The first-order chi connectivity index (χ1) is 12.0. The van der Waals surface area contributed by atoms with E-state index in [9.17, 15) is 4.79 Å². The fourth-order valence-electron chi connectivity index (χ4n) is 1.90. The summed E-state index contributed by atoms with van der Waals surface area (Å²) in [6.07, 6.45) is 1.18. The van der Waals surface area contributed by atoms with Gasteiger partial charge in [-0.1, -0.05) is 29.8 Å². The van der Waals surface area contributed by atoms with Gasteiger partial charge in [0.05, 0.1) is 18.2 Å². The van der Waals surface area contributed by atoms with E-state index in [1.807, 2.05) is 6.07 Å². The van der Waals surface area contributed by atoms with Crippen LogP contribution in [0.2, 0.25) is 10.0 Å². The Bertz CT molecular complexity index is 832. The van der Waals surface area contributed by atoms with Crippen LogP contribution in [-0.2, 0) is 4.79 Å². The van der Waals surface area contributed by atoms with Gasteiger partial charge in [0.1, 0.15) is 12.4 Å². The highest BCUT2D eigenvalue weighted by Gasteiger charge is 2.09. The fraction of sp³-hybridized carbons (Fsp3) is 0.111. The van der Waals surface area contributed by atoms with Crippen LogP contribution >= 0.6 is 23.2 Å². The summed E-state index contributed by atoms with van der Waals surface area (Å²) < 4.78 is 11.4. The maximum Gasteiger partial charge on any atom is 0.243 e. The molecule has 0 aliphatic carbocycles. The second kappa shape index (κ2) is 8.97. The number of rotatable bonds is 7. The van der Waals surface area contributed by atoms with Crippen molar-refractivity contribution in [1.82, 2.24) is 5.32 Å². The van der Waals surface area contributed by atoms with Crippen LogP contribution in [0.5, 0.6) is 17.2 Å². The number of hydrogen-bond donors (Lipinski definition) is 1. The number of benzene rings is 2. The summed E-state index contributed by atoms with van der Waals surface area (Å²) in [5.74, 6) is 0.926. The van der Waals surface area contributed by atoms with E-state index in [2.05, 4.69) is 11.9 Å². The van der Waals surface area contributed by atoms with Crippen molar-refractivity contribution in [2.45, 2.75) is 0 Å². The van der Waals surface area contributed by atoms with Gasteiger partial charge in [0, 0.05) is 16.1 Å². The van der Waals surface area contributed by atoms with Crippen LogP contribution in [0.4, 0.5) is 0 Å². The number of nitriles is 1. The predicted molar refractivity (Wildman–Crippen MR) is 96.4 cm³/mol. The summed E-state index contributed by atoms with van der Waals surface area (Å²) in [4.78, 5) is 11.1. The summed E-state index contributed by atoms with van der Waals surface area (Å²) >= 11 is 12.0. The normalized spacial score (nSPS) is 9.80. The predicted octanol–water partition coefficient (Wildman–Crippen LogP) is 4.34. The molecule has 0 aliphatic heterocycles. The van der Waals surface area contributed by atoms with E-state index in [-0.39, 0.29) is 12.5 Å². The van der Waals surface area contributed by atoms with Crippen LogP contribution in [0, 0.1) is 11.3 Å². The highest BCUT2D eigenvalue weighted by molar-refractivity contribution is 6.31. The number of nitrogens with zero attached hydrogens (tertiary/aromatic N) is 1. The van der Waals surface area contributed by atoms with E-state index in [4.69, 9.17) is 37.9 Å². The van der Waals surface area contributed by atoms with Crippen molar-refractivity contribution in [3.05, 3.63) is 64.7 Å². The van der Waals surface area contributed by atoms with Crippen LogP contribution in [-0.4, -0.2) is 19.1 Å².